The summed E-state index contributed by atoms with van der Waals surface area (Å²) >= 11 is 0. The van der Waals surface area contributed by atoms with Gasteiger partial charge >= 0.3 is 0 Å². The van der Waals surface area contributed by atoms with Crippen molar-refractivity contribution < 1.29 is 14.7 Å². The van der Waals surface area contributed by atoms with E-state index in [4.69, 9.17) is 0 Å². The smallest absolute Gasteiger partial charge is 0.227 e. The highest BCUT2D eigenvalue weighted by molar-refractivity contribution is 6.00. The second-order valence-electron chi connectivity index (χ2n) is 5.91. The summed E-state index contributed by atoms with van der Waals surface area (Å²) in [6.07, 6.45) is -0.556. The predicted octanol–water partition coefficient (Wildman–Crippen LogP) is 1.89. The van der Waals surface area contributed by atoms with E-state index in [-0.39, 0.29) is 30.7 Å². The minimum absolute atomic E-state index is 0.0510. The molecule has 2 amide bonds. The Kier molecular flexibility index (Phi) is 4.91. The fourth-order valence-corrected chi connectivity index (χ4v) is 2.88. The van der Waals surface area contributed by atoms with Gasteiger partial charge in [-0.15, -0.1) is 0 Å². The van der Waals surface area contributed by atoms with Crippen molar-refractivity contribution in [3.63, 3.8) is 0 Å². The Bertz CT molecular complexity index is 703. The Hall–Kier alpha value is -2.66. The molecule has 1 aliphatic rings. The fraction of sp³-hybridized carbons (Fsp3) is 0.263. The zero-order chi connectivity index (χ0) is 16.9. The topological polar surface area (TPSA) is 69.6 Å². The van der Waals surface area contributed by atoms with Gasteiger partial charge in [0, 0.05) is 25.2 Å². The van der Waals surface area contributed by atoms with Gasteiger partial charge in [-0.05, 0) is 17.7 Å². The van der Waals surface area contributed by atoms with Crippen molar-refractivity contribution in [1.29, 1.82) is 0 Å². The maximum absolute atomic E-state index is 12.3. The standard InChI is InChI=1S/C19H20N2O3/c22-17(14-7-3-1-4-8-14)12-20-19(24)15-11-18(23)21(13-15)16-9-5-2-6-10-16/h1-10,15,17,22H,11-13H2,(H,20,24). The molecule has 1 aliphatic heterocycles. The molecule has 2 N–H and O–H groups in total. The molecule has 5 heteroatoms. The number of nitrogens with one attached hydrogen (secondary N) is 1. The first kappa shape index (κ1) is 16.2. The fourth-order valence-electron chi connectivity index (χ4n) is 2.88. The van der Waals surface area contributed by atoms with Crippen molar-refractivity contribution in [3.05, 3.63) is 66.2 Å². The lowest BCUT2D eigenvalue weighted by molar-refractivity contribution is -0.126. The van der Waals surface area contributed by atoms with E-state index >= 15 is 0 Å². The zero-order valence-corrected chi connectivity index (χ0v) is 13.3. The van der Waals surface area contributed by atoms with Gasteiger partial charge in [0.15, 0.2) is 0 Å². The minimum Gasteiger partial charge on any atom is -0.387 e. The van der Waals surface area contributed by atoms with Gasteiger partial charge in [-0.2, -0.15) is 0 Å². The van der Waals surface area contributed by atoms with Crippen LogP contribution in [0.15, 0.2) is 60.7 Å². The number of nitrogens with zero attached hydrogens (tertiary/aromatic N) is 1. The third-order valence-electron chi connectivity index (χ3n) is 4.22. The van der Waals surface area contributed by atoms with E-state index in [9.17, 15) is 14.7 Å². The van der Waals surface area contributed by atoms with Crippen molar-refractivity contribution in [2.45, 2.75) is 12.5 Å². The highest BCUT2D eigenvalue weighted by atomic mass is 16.3. The summed E-state index contributed by atoms with van der Waals surface area (Å²) in [5.74, 6) is -0.637. The lowest BCUT2D eigenvalue weighted by Gasteiger charge is -2.17. The van der Waals surface area contributed by atoms with Crippen molar-refractivity contribution in [2.24, 2.45) is 5.92 Å². The van der Waals surface area contributed by atoms with Crippen LogP contribution in [-0.4, -0.2) is 30.0 Å². The van der Waals surface area contributed by atoms with E-state index < -0.39 is 6.10 Å². The van der Waals surface area contributed by atoms with Crippen LogP contribution in [-0.2, 0) is 9.59 Å². The Morgan fingerprint density at radius 2 is 1.75 bits per heavy atom. The first-order chi connectivity index (χ1) is 11.6. The van der Waals surface area contributed by atoms with Crippen LogP contribution in [0.5, 0.6) is 0 Å². The quantitative estimate of drug-likeness (QED) is 0.882. The van der Waals surface area contributed by atoms with Crippen molar-refractivity contribution in [1.82, 2.24) is 5.32 Å². The Morgan fingerprint density at radius 1 is 1.12 bits per heavy atom. The molecule has 0 radical (unpaired) electrons. The molecular formula is C19H20N2O3. The lowest BCUT2D eigenvalue weighted by Crippen LogP contribution is -2.35. The number of carbonyl (C=O) groups excluding carboxylic acids is 2. The first-order valence-electron chi connectivity index (χ1n) is 8.01. The predicted molar refractivity (Wildman–Crippen MR) is 91.3 cm³/mol. The molecule has 0 aliphatic carbocycles. The number of hydrogen-bond donors (Lipinski definition) is 2. The minimum atomic E-state index is -0.752. The molecule has 1 fully saturated rings. The van der Waals surface area contributed by atoms with Crippen LogP contribution in [0.25, 0.3) is 0 Å². The summed E-state index contributed by atoms with van der Waals surface area (Å²) in [7, 11) is 0. The monoisotopic (exact) mass is 324 g/mol. The summed E-state index contributed by atoms with van der Waals surface area (Å²) in [6.45, 7) is 0.509. The molecule has 124 valence electrons. The number of benzene rings is 2. The van der Waals surface area contributed by atoms with Gasteiger partial charge in [0.2, 0.25) is 11.8 Å². The van der Waals surface area contributed by atoms with Crippen molar-refractivity contribution in [2.75, 3.05) is 18.0 Å². The number of anilines is 1. The Balaban J connectivity index is 1.56. The van der Waals surface area contributed by atoms with Gasteiger partial charge < -0.3 is 15.3 Å². The van der Waals surface area contributed by atoms with Crippen LogP contribution < -0.4 is 10.2 Å². The van der Waals surface area contributed by atoms with E-state index in [0.717, 1.165) is 11.3 Å². The van der Waals surface area contributed by atoms with Gasteiger partial charge in [0.05, 0.1) is 12.0 Å². The molecule has 2 aromatic carbocycles. The first-order valence-corrected chi connectivity index (χ1v) is 8.01. The molecule has 3 rings (SSSR count). The molecule has 1 saturated heterocycles. The molecular weight excluding hydrogens is 304 g/mol. The van der Waals surface area contributed by atoms with Crippen LogP contribution in [0.3, 0.4) is 0 Å². The number of aliphatic hydroxyl groups is 1. The van der Waals surface area contributed by atoms with Crippen LogP contribution in [0.1, 0.15) is 18.1 Å². The number of amides is 2. The number of carbonyl (C=O) groups is 2. The second kappa shape index (κ2) is 7.27. The SMILES string of the molecule is O=C(NCC(O)c1ccccc1)C1CC(=O)N(c2ccccc2)C1. The van der Waals surface area contributed by atoms with Gasteiger partial charge in [-0.25, -0.2) is 0 Å². The van der Waals surface area contributed by atoms with E-state index in [2.05, 4.69) is 5.32 Å². The number of para-hydroxylation sites is 1. The lowest BCUT2D eigenvalue weighted by atomic mass is 10.1. The Morgan fingerprint density at radius 3 is 2.42 bits per heavy atom. The van der Waals surface area contributed by atoms with Gasteiger partial charge in [-0.1, -0.05) is 48.5 Å². The van der Waals surface area contributed by atoms with Gasteiger partial charge in [0.25, 0.3) is 0 Å². The van der Waals surface area contributed by atoms with Gasteiger partial charge in [0.1, 0.15) is 0 Å². The molecule has 2 aromatic rings. The van der Waals surface area contributed by atoms with Crippen LogP contribution in [0.4, 0.5) is 5.69 Å². The van der Waals surface area contributed by atoms with Gasteiger partial charge in [-0.3, -0.25) is 9.59 Å². The molecule has 2 unspecified atom stereocenters. The van der Waals surface area contributed by atoms with E-state index in [0.29, 0.717) is 6.54 Å². The summed E-state index contributed by atoms with van der Waals surface area (Å²) < 4.78 is 0. The molecule has 2 atom stereocenters. The molecule has 1 heterocycles. The van der Waals surface area contributed by atoms with Crippen molar-refractivity contribution in [3.8, 4) is 0 Å². The molecule has 0 aromatic heterocycles. The molecule has 0 saturated carbocycles. The van der Waals surface area contributed by atoms with Crippen LogP contribution in [0.2, 0.25) is 0 Å². The highest BCUT2D eigenvalue weighted by Crippen LogP contribution is 2.25. The maximum atomic E-state index is 12.3. The number of rotatable bonds is 5. The second-order valence-corrected chi connectivity index (χ2v) is 5.91. The van der Waals surface area contributed by atoms with E-state index in [1.807, 2.05) is 60.7 Å². The summed E-state index contributed by atoms with van der Waals surface area (Å²) in [4.78, 5) is 26.1. The number of hydrogen-bond acceptors (Lipinski definition) is 3. The summed E-state index contributed by atoms with van der Waals surface area (Å²) in [5.41, 5.74) is 1.56. The summed E-state index contributed by atoms with van der Waals surface area (Å²) in [5, 5.41) is 12.8. The normalized spacial score (nSPS) is 18.5. The van der Waals surface area contributed by atoms with Crippen molar-refractivity contribution >= 4 is 17.5 Å². The molecule has 0 spiro atoms. The van der Waals surface area contributed by atoms with Crippen LogP contribution in [0, 0.1) is 5.92 Å². The van der Waals surface area contributed by atoms with E-state index in [1.54, 1.807) is 4.90 Å². The molecule has 24 heavy (non-hydrogen) atoms. The number of aliphatic hydroxyl groups excluding tert-OH is 1. The molecule has 5 nitrogen and oxygen atoms in total. The third kappa shape index (κ3) is 3.63. The average Bonchev–Trinajstić information content (AvgIpc) is 3.02. The largest absolute Gasteiger partial charge is 0.387 e. The summed E-state index contributed by atoms with van der Waals surface area (Å²) in [6, 6.07) is 18.5. The average molecular weight is 324 g/mol. The van der Waals surface area contributed by atoms with Crippen LogP contribution >= 0.6 is 0 Å². The molecule has 0 bridgehead atoms. The third-order valence-corrected chi connectivity index (χ3v) is 4.22. The van der Waals surface area contributed by atoms with E-state index in [1.165, 1.54) is 0 Å². The zero-order valence-electron chi connectivity index (χ0n) is 13.3. The highest BCUT2D eigenvalue weighted by Gasteiger charge is 2.35. The Labute approximate surface area is 140 Å². The maximum Gasteiger partial charge on any atom is 0.227 e.